The zero-order chi connectivity index (χ0) is 14.0. The molecule has 2 rings (SSSR count). The smallest absolute Gasteiger partial charge is 0.416 e. The summed E-state index contributed by atoms with van der Waals surface area (Å²) in [7, 11) is 0. The summed E-state index contributed by atoms with van der Waals surface area (Å²) < 4.78 is 42.8. The second-order valence-corrected chi connectivity index (χ2v) is 4.97. The van der Waals surface area contributed by atoms with Gasteiger partial charge in [-0.15, -0.1) is 10.2 Å². The molecular formula is C10H7ClF3N3OS. The summed E-state index contributed by atoms with van der Waals surface area (Å²) in [6, 6.07) is 2.86. The van der Waals surface area contributed by atoms with Crippen LogP contribution in [0.5, 0.6) is 5.75 Å². The summed E-state index contributed by atoms with van der Waals surface area (Å²) >= 11 is 6.86. The summed E-state index contributed by atoms with van der Waals surface area (Å²) in [6.45, 7) is -0.0457. The van der Waals surface area contributed by atoms with Crippen molar-refractivity contribution < 1.29 is 17.9 Å². The first-order valence-electron chi connectivity index (χ1n) is 4.93. The van der Waals surface area contributed by atoms with Crippen molar-refractivity contribution in [3.05, 3.63) is 33.8 Å². The van der Waals surface area contributed by atoms with E-state index in [1.165, 1.54) is 0 Å². The summed E-state index contributed by atoms with van der Waals surface area (Å²) in [5.74, 6) is -0.0646. The molecule has 0 aliphatic carbocycles. The molecule has 2 aromatic rings. The van der Waals surface area contributed by atoms with Gasteiger partial charge in [-0.25, -0.2) is 0 Å². The molecule has 0 saturated carbocycles. The average Bonchev–Trinajstić information content (AvgIpc) is 2.72. The lowest BCUT2D eigenvalue weighted by atomic mass is 10.2. The number of halogens is 4. The molecule has 1 heterocycles. The number of hydrogen-bond donors (Lipinski definition) is 1. The van der Waals surface area contributed by atoms with Crippen molar-refractivity contribution in [3.63, 3.8) is 0 Å². The van der Waals surface area contributed by atoms with Crippen LogP contribution in [0.25, 0.3) is 0 Å². The monoisotopic (exact) mass is 309 g/mol. The molecule has 9 heteroatoms. The molecule has 19 heavy (non-hydrogen) atoms. The van der Waals surface area contributed by atoms with Gasteiger partial charge in [-0.05, 0) is 18.2 Å². The van der Waals surface area contributed by atoms with E-state index in [9.17, 15) is 13.2 Å². The van der Waals surface area contributed by atoms with Gasteiger partial charge < -0.3 is 10.5 Å². The normalized spacial score (nSPS) is 11.6. The Morgan fingerprint density at radius 3 is 2.63 bits per heavy atom. The van der Waals surface area contributed by atoms with Crippen molar-refractivity contribution >= 4 is 28.1 Å². The second kappa shape index (κ2) is 5.22. The molecular weight excluding hydrogens is 303 g/mol. The SMILES string of the molecule is Nc1nnc(COc2cc(C(F)(F)F)ccc2Cl)s1. The molecule has 0 spiro atoms. The quantitative estimate of drug-likeness (QED) is 0.944. The highest BCUT2D eigenvalue weighted by Gasteiger charge is 2.31. The maximum atomic E-state index is 12.5. The van der Waals surface area contributed by atoms with E-state index in [1.54, 1.807) is 0 Å². The van der Waals surface area contributed by atoms with Crippen LogP contribution in [0.15, 0.2) is 18.2 Å². The lowest BCUT2D eigenvalue weighted by Crippen LogP contribution is -2.05. The lowest BCUT2D eigenvalue weighted by molar-refractivity contribution is -0.137. The molecule has 1 aromatic heterocycles. The second-order valence-electron chi connectivity index (χ2n) is 3.47. The predicted molar refractivity (Wildman–Crippen MR) is 65.1 cm³/mol. The number of benzene rings is 1. The number of nitrogen functional groups attached to an aromatic ring is 1. The zero-order valence-corrected chi connectivity index (χ0v) is 10.8. The van der Waals surface area contributed by atoms with Gasteiger partial charge in [0.25, 0.3) is 0 Å². The number of alkyl halides is 3. The minimum Gasteiger partial charge on any atom is -0.485 e. The highest BCUT2D eigenvalue weighted by atomic mass is 35.5. The number of aromatic nitrogens is 2. The number of nitrogens with two attached hydrogens (primary N) is 1. The van der Waals surface area contributed by atoms with Crippen LogP contribution in [0.1, 0.15) is 10.6 Å². The highest BCUT2D eigenvalue weighted by Crippen LogP contribution is 2.35. The molecule has 0 atom stereocenters. The molecule has 0 fully saturated rings. The standard InChI is InChI=1S/C10H7ClF3N3OS/c11-6-2-1-5(10(12,13)14)3-7(6)18-4-8-16-17-9(15)19-8/h1-3H,4H2,(H2,15,17). The van der Waals surface area contributed by atoms with Crippen LogP contribution in [-0.4, -0.2) is 10.2 Å². The number of ether oxygens (including phenoxy) is 1. The molecule has 0 radical (unpaired) electrons. The van der Waals surface area contributed by atoms with E-state index in [1.807, 2.05) is 0 Å². The van der Waals surface area contributed by atoms with Gasteiger partial charge in [-0.1, -0.05) is 22.9 Å². The molecule has 0 aliphatic rings. The van der Waals surface area contributed by atoms with Crippen molar-refractivity contribution in [2.75, 3.05) is 5.73 Å². The predicted octanol–water partition coefficient (Wildman–Crippen LogP) is 3.37. The summed E-state index contributed by atoms with van der Waals surface area (Å²) in [4.78, 5) is 0. The van der Waals surface area contributed by atoms with Gasteiger partial charge in [0.2, 0.25) is 5.13 Å². The maximum Gasteiger partial charge on any atom is 0.416 e. The average molecular weight is 310 g/mol. The van der Waals surface area contributed by atoms with Gasteiger partial charge in [-0.3, -0.25) is 0 Å². The highest BCUT2D eigenvalue weighted by molar-refractivity contribution is 7.15. The van der Waals surface area contributed by atoms with Crippen molar-refractivity contribution in [3.8, 4) is 5.75 Å². The third-order valence-corrected chi connectivity index (χ3v) is 3.13. The Morgan fingerprint density at radius 1 is 1.32 bits per heavy atom. The number of rotatable bonds is 3. The van der Waals surface area contributed by atoms with Gasteiger partial charge in [0.05, 0.1) is 10.6 Å². The molecule has 0 aliphatic heterocycles. The van der Waals surface area contributed by atoms with E-state index < -0.39 is 11.7 Å². The Hall–Kier alpha value is -1.54. The first-order chi connectivity index (χ1) is 8.86. The Bertz CT molecular complexity index is 588. The van der Waals surface area contributed by atoms with E-state index in [0.717, 1.165) is 29.5 Å². The zero-order valence-electron chi connectivity index (χ0n) is 9.24. The first-order valence-corrected chi connectivity index (χ1v) is 6.13. The number of anilines is 1. The van der Waals surface area contributed by atoms with Crippen LogP contribution in [0, 0.1) is 0 Å². The molecule has 0 unspecified atom stereocenters. The minimum absolute atomic E-state index is 0.0457. The van der Waals surface area contributed by atoms with E-state index in [4.69, 9.17) is 22.1 Å². The van der Waals surface area contributed by atoms with Crippen LogP contribution in [-0.2, 0) is 12.8 Å². The van der Waals surface area contributed by atoms with Crippen LogP contribution in [0.4, 0.5) is 18.3 Å². The third-order valence-electron chi connectivity index (χ3n) is 2.09. The van der Waals surface area contributed by atoms with Crippen molar-refractivity contribution in [2.45, 2.75) is 12.8 Å². The fourth-order valence-corrected chi connectivity index (χ4v) is 1.95. The van der Waals surface area contributed by atoms with E-state index >= 15 is 0 Å². The Kier molecular flexibility index (Phi) is 3.81. The van der Waals surface area contributed by atoms with E-state index in [0.29, 0.717) is 5.01 Å². The maximum absolute atomic E-state index is 12.5. The topological polar surface area (TPSA) is 61.0 Å². The Morgan fingerprint density at radius 2 is 2.05 bits per heavy atom. The largest absolute Gasteiger partial charge is 0.485 e. The fraction of sp³-hybridized carbons (Fsp3) is 0.200. The van der Waals surface area contributed by atoms with Gasteiger partial charge in [0.1, 0.15) is 12.4 Å². The van der Waals surface area contributed by atoms with Crippen molar-refractivity contribution in [1.29, 1.82) is 0 Å². The molecule has 0 saturated heterocycles. The van der Waals surface area contributed by atoms with Crippen molar-refractivity contribution in [1.82, 2.24) is 10.2 Å². The molecule has 0 bridgehead atoms. The van der Waals surface area contributed by atoms with Crippen LogP contribution < -0.4 is 10.5 Å². The minimum atomic E-state index is -4.45. The van der Waals surface area contributed by atoms with E-state index in [2.05, 4.69) is 10.2 Å². The van der Waals surface area contributed by atoms with Crippen LogP contribution in [0.3, 0.4) is 0 Å². The van der Waals surface area contributed by atoms with Crippen LogP contribution in [0.2, 0.25) is 5.02 Å². The molecule has 1 aromatic carbocycles. The van der Waals surface area contributed by atoms with Gasteiger partial charge in [0.15, 0.2) is 5.01 Å². The number of nitrogens with zero attached hydrogens (tertiary/aromatic N) is 2. The van der Waals surface area contributed by atoms with Gasteiger partial charge in [0, 0.05) is 0 Å². The molecule has 2 N–H and O–H groups in total. The first kappa shape index (κ1) is 13.9. The number of hydrogen-bond acceptors (Lipinski definition) is 5. The van der Waals surface area contributed by atoms with Gasteiger partial charge in [-0.2, -0.15) is 13.2 Å². The fourth-order valence-electron chi connectivity index (χ4n) is 1.25. The molecule has 4 nitrogen and oxygen atoms in total. The van der Waals surface area contributed by atoms with Gasteiger partial charge >= 0.3 is 6.18 Å². The Balaban J connectivity index is 2.15. The van der Waals surface area contributed by atoms with E-state index in [-0.39, 0.29) is 22.5 Å². The third kappa shape index (κ3) is 3.48. The van der Waals surface area contributed by atoms with Crippen LogP contribution >= 0.6 is 22.9 Å². The lowest BCUT2D eigenvalue weighted by Gasteiger charge is -2.10. The summed E-state index contributed by atoms with van der Waals surface area (Å²) in [5, 5.41) is 8.04. The molecule has 0 amide bonds. The Labute approximate surface area is 115 Å². The molecule has 102 valence electrons. The summed E-state index contributed by atoms with van der Waals surface area (Å²) in [5.41, 5.74) is 4.54. The van der Waals surface area contributed by atoms with Crippen molar-refractivity contribution in [2.24, 2.45) is 0 Å². The summed E-state index contributed by atoms with van der Waals surface area (Å²) in [6.07, 6.45) is -4.45.